The number of rotatable bonds is 8. The standard InChI is InChI=1S/C26H32FNO2/c27-25-17-24(14-13-21(25)12-6-16-29)30-19-23-10-4-9-22-11-5-15-28(26(22)23)18-20-7-2-1-3-8-20/h4,9-10,13-14,16-17,20H,1-3,5-8,11-12,15,18-19H2. The van der Waals surface area contributed by atoms with E-state index in [0.29, 0.717) is 30.8 Å². The van der Waals surface area contributed by atoms with Gasteiger partial charge >= 0.3 is 0 Å². The summed E-state index contributed by atoms with van der Waals surface area (Å²) in [5.41, 5.74) is 4.50. The molecule has 0 N–H and O–H groups in total. The second-order valence-corrected chi connectivity index (χ2v) is 8.73. The molecule has 1 aliphatic carbocycles. The average molecular weight is 410 g/mol. The number of hydrogen-bond acceptors (Lipinski definition) is 3. The average Bonchev–Trinajstić information content (AvgIpc) is 2.78. The Kier molecular flexibility index (Phi) is 7.03. The molecule has 30 heavy (non-hydrogen) atoms. The molecule has 0 amide bonds. The number of aryl methyl sites for hydroxylation is 2. The fourth-order valence-corrected chi connectivity index (χ4v) is 5.00. The summed E-state index contributed by atoms with van der Waals surface area (Å²) >= 11 is 0. The van der Waals surface area contributed by atoms with Gasteiger partial charge in [0.25, 0.3) is 0 Å². The van der Waals surface area contributed by atoms with Crippen LogP contribution in [0.1, 0.15) is 61.6 Å². The number of anilines is 1. The topological polar surface area (TPSA) is 29.5 Å². The summed E-state index contributed by atoms with van der Waals surface area (Å²) in [6.07, 6.45) is 10.7. The predicted octanol–water partition coefficient (Wildman–Crippen LogP) is 5.87. The number of hydrogen-bond donors (Lipinski definition) is 0. The van der Waals surface area contributed by atoms with Crippen molar-refractivity contribution in [2.24, 2.45) is 5.92 Å². The largest absolute Gasteiger partial charge is 0.489 e. The van der Waals surface area contributed by atoms with Crippen LogP contribution in [0.4, 0.5) is 10.1 Å². The van der Waals surface area contributed by atoms with Crippen LogP contribution in [0.15, 0.2) is 36.4 Å². The van der Waals surface area contributed by atoms with Gasteiger partial charge in [-0.3, -0.25) is 0 Å². The zero-order valence-electron chi connectivity index (χ0n) is 17.7. The molecule has 0 saturated heterocycles. The number of fused-ring (bicyclic) bond motifs is 1. The van der Waals surface area contributed by atoms with E-state index >= 15 is 0 Å². The number of ether oxygens (including phenoxy) is 1. The molecule has 0 spiro atoms. The minimum Gasteiger partial charge on any atom is -0.489 e. The molecule has 0 atom stereocenters. The molecule has 3 nitrogen and oxygen atoms in total. The molecule has 2 aliphatic rings. The van der Waals surface area contributed by atoms with Crippen molar-refractivity contribution >= 4 is 12.0 Å². The molecule has 1 fully saturated rings. The SMILES string of the molecule is O=CCCc1ccc(OCc2cccc3c2N(CC2CCCCC2)CCC3)cc1F. The van der Waals surface area contributed by atoms with Gasteiger partial charge in [0.05, 0.1) is 0 Å². The Morgan fingerprint density at radius 1 is 1.07 bits per heavy atom. The third kappa shape index (κ3) is 5.03. The molecule has 1 saturated carbocycles. The molecule has 4 heteroatoms. The molecule has 160 valence electrons. The van der Waals surface area contributed by atoms with Gasteiger partial charge in [-0.1, -0.05) is 43.5 Å². The van der Waals surface area contributed by atoms with E-state index in [-0.39, 0.29) is 5.82 Å². The van der Waals surface area contributed by atoms with Gasteiger partial charge < -0.3 is 14.4 Å². The van der Waals surface area contributed by atoms with Crippen LogP contribution in [0, 0.1) is 11.7 Å². The van der Waals surface area contributed by atoms with Crippen molar-refractivity contribution in [3.63, 3.8) is 0 Å². The Hall–Kier alpha value is -2.36. The summed E-state index contributed by atoms with van der Waals surface area (Å²) in [4.78, 5) is 13.1. The monoisotopic (exact) mass is 409 g/mol. The quantitative estimate of drug-likeness (QED) is 0.511. The van der Waals surface area contributed by atoms with Crippen LogP contribution in [0.3, 0.4) is 0 Å². The van der Waals surface area contributed by atoms with E-state index in [9.17, 15) is 9.18 Å². The Balaban J connectivity index is 1.47. The highest BCUT2D eigenvalue weighted by Crippen LogP contribution is 2.34. The Labute approximate surface area is 179 Å². The molecule has 0 unspecified atom stereocenters. The first-order valence-electron chi connectivity index (χ1n) is 11.4. The van der Waals surface area contributed by atoms with Crippen LogP contribution in [-0.2, 0) is 24.2 Å². The molecule has 1 aliphatic heterocycles. The number of para-hydroxylation sites is 1. The van der Waals surface area contributed by atoms with E-state index in [1.165, 1.54) is 61.4 Å². The van der Waals surface area contributed by atoms with Crippen LogP contribution in [0.25, 0.3) is 0 Å². The van der Waals surface area contributed by atoms with Gasteiger partial charge in [0.2, 0.25) is 0 Å². The number of carbonyl (C=O) groups excluding carboxylic acids is 1. The minimum absolute atomic E-state index is 0.302. The van der Waals surface area contributed by atoms with Crippen LogP contribution >= 0.6 is 0 Å². The Morgan fingerprint density at radius 2 is 1.93 bits per heavy atom. The third-order valence-corrected chi connectivity index (χ3v) is 6.55. The van der Waals surface area contributed by atoms with Gasteiger partial charge in [-0.25, -0.2) is 4.39 Å². The van der Waals surface area contributed by atoms with E-state index in [4.69, 9.17) is 4.74 Å². The first-order valence-corrected chi connectivity index (χ1v) is 11.4. The molecule has 1 heterocycles. The maximum Gasteiger partial charge on any atom is 0.130 e. The van der Waals surface area contributed by atoms with Gasteiger partial charge in [-0.05, 0) is 55.2 Å². The molecule has 0 radical (unpaired) electrons. The van der Waals surface area contributed by atoms with E-state index in [0.717, 1.165) is 31.7 Å². The van der Waals surface area contributed by atoms with Crippen molar-refractivity contribution in [3.05, 3.63) is 58.9 Å². The van der Waals surface area contributed by atoms with Crippen molar-refractivity contribution in [3.8, 4) is 5.75 Å². The highest BCUT2D eigenvalue weighted by Gasteiger charge is 2.24. The molecular formula is C26H32FNO2. The molecule has 2 aromatic rings. The van der Waals surface area contributed by atoms with Crippen LogP contribution in [0.5, 0.6) is 5.75 Å². The lowest BCUT2D eigenvalue weighted by atomic mass is 9.87. The van der Waals surface area contributed by atoms with Gasteiger partial charge in [-0.15, -0.1) is 0 Å². The zero-order valence-corrected chi connectivity index (χ0v) is 17.7. The molecule has 0 aromatic heterocycles. The van der Waals surface area contributed by atoms with Crippen molar-refractivity contribution in [2.75, 3.05) is 18.0 Å². The third-order valence-electron chi connectivity index (χ3n) is 6.55. The number of carbonyl (C=O) groups is 1. The summed E-state index contributed by atoms with van der Waals surface area (Å²) in [5, 5.41) is 0. The van der Waals surface area contributed by atoms with Crippen LogP contribution < -0.4 is 9.64 Å². The minimum atomic E-state index is -0.302. The van der Waals surface area contributed by atoms with Crippen molar-refractivity contribution < 1.29 is 13.9 Å². The second kappa shape index (κ2) is 10.1. The summed E-state index contributed by atoms with van der Waals surface area (Å²) in [5.74, 6) is 1.03. The van der Waals surface area contributed by atoms with E-state index in [2.05, 4.69) is 23.1 Å². The van der Waals surface area contributed by atoms with E-state index < -0.39 is 0 Å². The number of nitrogens with zero attached hydrogens (tertiary/aromatic N) is 1. The lowest BCUT2D eigenvalue weighted by Gasteiger charge is -2.37. The highest BCUT2D eigenvalue weighted by atomic mass is 19.1. The fraction of sp³-hybridized carbons (Fsp3) is 0.500. The lowest BCUT2D eigenvalue weighted by molar-refractivity contribution is -0.107. The normalized spacial score (nSPS) is 16.9. The van der Waals surface area contributed by atoms with Crippen LogP contribution in [0.2, 0.25) is 0 Å². The summed E-state index contributed by atoms with van der Waals surface area (Å²) in [6.45, 7) is 2.70. The number of aldehydes is 1. The molecular weight excluding hydrogens is 377 g/mol. The fourth-order valence-electron chi connectivity index (χ4n) is 5.00. The second-order valence-electron chi connectivity index (χ2n) is 8.73. The lowest BCUT2D eigenvalue weighted by Crippen LogP contribution is -2.35. The van der Waals surface area contributed by atoms with Crippen molar-refractivity contribution in [2.45, 2.75) is 64.4 Å². The van der Waals surface area contributed by atoms with Crippen LogP contribution in [-0.4, -0.2) is 19.4 Å². The molecule has 4 rings (SSSR count). The van der Waals surface area contributed by atoms with E-state index in [1.807, 2.05) is 0 Å². The predicted molar refractivity (Wildman–Crippen MR) is 119 cm³/mol. The van der Waals surface area contributed by atoms with Gasteiger partial charge in [0, 0.05) is 36.8 Å². The van der Waals surface area contributed by atoms with Gasteiger partial charge in [-0.2, -0.15) is 0 Å². The van der Waals surface area contributed by atoms with Crippen molar-refractivity contribution in [1.82, 2.24) is 0 Å². The summed E-state index contributed by atoms with van der Waals surface area (Å²) in [7, 11) is 0. The molecule has 2 aromatic carbocycles. The van der Waals surface area contributed by atoms with Crippen molar-refractivity contribution in [1.29, 1.82) is 0 Å². The smallest absolute Gasteiger partial charge is 0.130 e. The Morgan fingerprint density at radius 3 is 2.73 bits per heavy atom. The Bertz CT molecular complexity index is 860. The maximum atomic E-state index is 14.3. The van der Waals surface area contributed by atoms with Gasteiger partial charge in [0.1, 0.15) is 24.5 Å². The summed E-state index contributed by atoms with van der Waals surface area (Å²) < 4.78 is 20.3. The highest BCUT2D eigenvalue weighted by molar-refractivity contribution is 5.61. The number of benzene rings is 2. The first kappa shape index (κ1) is 20.9. The molecule has 0 bridgehead atoms. The zero-order chi connectivity index (χ0) is 20.8. The first-order chi connectivity index (χ1) is 14.7. The van der Waals surface area contributed by atoms with E-state index in [1.54, 1.807) is 12.1 Å². The number of halogens is 1. The summed E-state index contributed by atoms with van der Waals surface area (Å²) in [6, 6.07) is 11.5. The van der Waals surface area contributed by atoms with Gasteiger partial charge in [0.15, 0.2) is 0 Å². The maximum absolute atomic E-state index is 14.3.